The molecule has 0 aromatic carbocycles. The Bertz CT molecular complexity index is 859. The summed E-state index contributed by atoms with van der Waals surface area (Å²) < 4.78 is 1.34. The molecular weight excluding hydrogens is 346 g/mol. The molecule has 0 atom stereocenters. The van der Waals surface area contributed by atoms with Gasteiger partial charge in [0.25, 0.3) is 0 Å². The Kier molecular flexibility index (Phi) is 6.36. The second kappa shape index (κ2) is 8.29. The van der Waals surface area contributed by atoms with Gasteiger partial charge in [-0.15, -0.1) is 12.4 Å². The molecule has 25 heavy (non-hydrogen) atoms. The lowest BCUT2D eigenvalue weighted by Gasteiger charge is -2.09. The molecule has 0 radical (unpaired) electrons. The van der Waals surface area contributed by atoms with Gasteiger partial charge in [-0.1, -0.05) is 25.7 Å². The molecule has 1 aliphatic rings. The first kappa shape index (κ1) is 19.2. The van der Waals surface area contributed by atoms with Crippen LogP contribution in [0.25, 0.3) is 11.4 Å². The molecule has 136 valence electrons. The van der Waals surface area contributed by atoms with Crippen LogP contribution < -0.4 is 10.8 Å². The van der Waals surface area contributed by atoms with Crippen LogP contribution >= 0.6 is 12.4 Å². The number of pyridine rings is 1. The fourth-order valence-corrected chi connectivity index (χ4v) is 3.47. The summed E-state index contributed by atoms with van der Waals surface area (Å²) in [4.78, 5) is 27.3. The average Bonchev–Trinajstić information content (AvgIpc) is 3.21. The Morgan fingerprint density at radius 3 is 2.64 bits per heavy atom. The van der Waals surface area contributed by atoms with Crippen LogP contribution in [0.2, 0.25) is 0 Å². The fraction of sp³-hybridized carbons (Fsp3) is 0.529. The highest BCUT2D eigenvalue weighted by Gasteiger charge is 2.17. The van der Waals surface area contributed by atoms with Crippen LogP contribution in [0.15, 0.2) is 17.2 Å². The van der Waals surface area contributed by atoms with Crippen molar-refractivity contribution in [1.82, 2.24) is 14.6 Å². The van der Waals surface area contributed by atoms with Crippen LogP contribution in [0.5, 0.6) is 0 Å². The molecule has 0 amide bonds. The molecular formula is C17H22ClN3O4. The molecule has 0 spiro atoms. The Labute approximate surface area is 150 Å². The fourth-order valence-electron chi connectivity index (χ4n) is 3.47. The van der Waals surface area contributed by atoms with Gasteiger partial charge in [-0.3, -0.25) is 9.59 Å². The van der Waals surface area contributed by atoms with E-state index in [1.807, 2.05) is 0 Å². The van der Waals surface area contributed by atoms with Gasteiger partial charge in [0.1, 0.15) is 12.1 Å². The number of rotatable bonds is 6. The average molecular weight is 368 g/mol. The van der Waals surface area contributed by atoms with Crippen LogP contribution in [0.3, 0.4) is 0 Å². The lowest BCUT2D eigenvalue weighted by molar-refractivity contribution is -0.136. The van der Waals surface area contributed by atoms with Crippen molar-refractivity contribution in [2.75, 3.05) is 0 Å². The van der Waals surface area contributed by atoms with E-state index in [4.69, 9.17) is 5.11 Å². The lowest BCUT2D eigenvalue weighted by Crippen LogP contribution is -2.35. The number of aliphatic hydroxyl groups excluding tert-OH is 1. The van der Waals surface area contributed by atoms with Gasteiger partial charge in [0, 0.05) is 12.0 Å². The molecule has 1 aliphatic carbocycles. The van der Waals surface area contributed by atoms with E-state index in [9.17, 15) is 14.7 Å². The second-order valence-electron chi connectivity index (χ2n) is 6.41. The third kappa shape index (κ3) is 4.28. The predicted octanol–water partition coefficient (Wildman–Crippen LogP) is 1.88. The van der Waals surface area contributed by atoms with Crippen LogP contribution in [0, 0.1) is 5.92 Å². The number of carboxylic acids is 1. The molecule has 0 unspecified atom stereocenters. The summed E-state index contributed by atoms with van der Waals surface area (Å²) in [6.45, 7) is 0. The number of hydrogen-bond donors (Lipinski definition) is 2. The molecule has 8 heteroatoms. The number of aliphatic hydroxyl groups is 1. The highest BCUT2D eigenvalue weighted by molar-refractivity contribution is 5.85. The zero-order valence-electron chi connectivity index (χ0n) is 13.8. The summed E-state index contributed by atoms with van der Waals surface area (Å²) in [6.07, 6.45) is 7.83. The number of carbonyl (C=O) groups is 1. The zero-order valence-corrected chi connectivity index (χ0v) is 14.7. The summed E-state index contributed by atoms with van der Waals surface area (Å²) >= 11 is 0. The Hall–Kier alpha value is -2.15. The molecule has 1 saturated carbocycles. The Morgan fingerprint density at radius 1 is 1.24 bits per heavy atom. The van der Waals surface area contributed by atoms with Gasteiger partial charge in [0.05, 0.1) is 6.42 Å². The topological polar surface area (TPSA) is 105 Å². The van der Waals surface area contributed by atoms with E-state index < -0.39 is 5.97 Å². The highest BCUT2D eigenvalue weighted by atomic mass is 35.5. The van der Waals surface area contributed by atoms with Crippen molar-refractivity contribution >= 4 is 29.8 Å². The number of halogens is 1. The molecule has 2 aromatic heterocycles. The van der Waals surface area contributed by atoms with Crippen LogP contribution in [0.4, 0.5) is 0 Å². The van der Waals surface area contributed by atoms with Crippen molar-refractivity contribution in [2.24, 2.45) is 5.92 Å². The van der Waals surface area contributed by atoms with Crippen molar-refractivity contribution in [2.45, 2.75) is 51.4 Å². The first-order valence-corrected chi connectivity index (χ1v) is 8.36. The molecule has 0 saturated heterocycles. The van der Waals surface area contributed by atoms with Gasteiger partial charge in [-0.2, -0.15) is 5.10 Å². The van der Waals surface area contributed by atoms with E-state index in [0.717, 1.165) is 18.4 Å². The van der Waals surface area contributed by atoms with Crippen LogP contribution in [-0.4, -0.2) is 30.8 Å². The van der Waals surface area contributed by atoms with E-state index in [1.54, 1.807) is 0 Å². The van der Waals surface area contributed by atoms with Gasteiger partial charge in [0.2, 0.25) is 5.43 Å². The van der Waals surface area contributed by atoms with Crippen molar-refractivity contribution in [3.05, 3.63) is 33.5 Å². The molecule has 0 bridgehead atoms. The maximum atomic E-state index is 12.4. The molecule has 2 heterocycles. The summed E-state index contributed by atoms with van der Waals surface area (Å²) in [5.41, 5.74) is 1.04. The molecule has 1 fully saturated rings. The van der Waals surface area contributed by atoms with E-state index in [-0.39, 0.29) is 41.8 Å². The molecule has 7 nitrogen and oxygen atoms in total. The number of hydrogen-bond acceptors (Lipinski definition) is 5. The standard InChI is InChI=1S/C17H21N3O4.ClH/c21-13(7-8-15(23)24)16-14(22)9-12(17-18-10-19-20(16)17)6-5-11-3-1-2-4-11;/h9-11,21H,1-8H2,(H,23,24);1H. The van der Waals surface area contributed by atoms with Gasteiger partial charge in [-0.25, -0.2) is 9.50 Å². The van der Waals surface area contributed by atoms with Crippen molar-refractivity contribution in [3.63, 3.8) is 0 Å². The zero-order chi connectivity index (χ0) is 17.1. The molecule has 0 aliphatic heterocycles. The third-order valence-electron chi connectivity index (χ3n) is 4.73. The number of fused-ring (bicyclic) bond motifs is 1. The largest absolute Gasteiger partial charge is 0.510 e. The molecule has 3 rings (SSSR count). The first-order chi connectivity index (χ1) is 11.6. The highest BCUT2D eigenvalue weighted by Crippen LogP contribution is 2.28. The SMILES string of the molecule is Cl.O=C(O)CCC(O)=c1c(=O)cc(CCC2CCCC2)c2ncnn12. The van der Waals surface area contributed by atoms with Crippen molar-refractivity contribution < 1.29 is 15.0 Å². The second-order valence-corrected chi connectivity index (χ2v) is 6.41. The Balaban J connectivity index is 0.00000225. The van der Waals surface area contributed by atoms with E-state index in [0.29, 0.717) is 11.6 Å². The van der Waals surface area contributed by atoms with E-state index >= 15 is 0 Å². The van der Waals surface area contributed by atoms with Gasteiger partial charge >= 0.3 is 5.97 Å². The number of carboxylic acid groups (broad SMARTS) is 1. The lowest BCUT2D eigenvalue weighted by atomic mass is 9.98. The minimum atomic E-state index is -1.03. The predicted molar refractivity (Wildman–Crippen MR) is 94.9 cm³/mol. The van der Waals surface area contributed by atoms with Gasteiger partial charge in [-0.05, 0) is 24.8 Å². The maximum absolute atomic E-state index is 12.4. The van der Waals surface area contributed by atoms with Crippen LogP contribution in [0.1, 0.15) is 50.5 Å². The molecule has 2 aromatic rings. The van der Waals surface area contributed by atoms with Gasteiger partial charge in [0.15, 0.2) is 11.0 Å². The third-order valence-corrected chi connectivity index (χ3v) is 4.73. The van der Waals surface area contributed by atoms with E-state index in [2.05, 4.69) is 10.1 Å². The summed E-state index contributed by atoms with van der Waals surface area (Å²) in [7, 11) is 0. The minimum Gasteiger partial charge on any atom is -0.510 e. The summed E-state index contributed by atoms with van der Waals surface area (Å²) in [5.74, 6) is -0.587. The molecule has 2 N–H and O–H groups in total. The number of aliphatic carboxylic acids is 1. The van der Waals surface area contributed by atoms with Gasteiger partial charge < -0.3 is 10.2 Å². The minimum absolute atomic E-state index is 0. The number of nitrogens with zero attached hydrogens (tertiary/aromatic N) is 3. The summed E-state index contributed by atoms with van der Waals surface area (Å²) in [5, 5.41) is 22.9. The smallest absolute Gasteiger partial charge is 0.303 e. The monoisotopic (exact) mass is 367 g/mol. The maximum Gasteiger partial charge on any atom is 0.303 e. The van der Waals surface area contributed by atoms with E-state index in [1.165, 1.54) is 42.6 Å². The van der Waals surface area contributed by atoms with Crippen molar-refractivity contribution in [1.29, 1.82) is 0 Å². The first-order valence-electron chi connectivity index (χ1n) is 8.36. The number of aromatic nitrogens is 3. The number of aryl methyl sites for hydroxylation is 1. The van der Waals surface area contributed by atoms with Crippen molar-refractivity contribution in [3.8, 4) is 0 Å². The van der Waals surface area contributed by atoms with Crippen LogP contribution in [-0.2, 0) is 11.2 Å². The normalized spacial score (nSPS) is 16.0. The Morgan fingerprint density at radius 2 is 1.96 bits per heavy atom. The quantitative estimate of drug-likeness (QED) is 0.807. The summed E-state index contributed by atoms with van der Waals surface area (Å²) in [6, 6.07) is 1.51.